The highest BCUT2D eigenvalue weighted by Crippen LogP contribution is 2.38. The van der Waals surface area contributed by atoms with E-state index in [1.54, 1.807) is 9.47 Å². The standard InChI is InChI=1S/C30H36ClF3N6O4/c1-37(2)19-7-11-38(12-8-19)27(41)25(17-18-15-21(30(32,33)34)26(35)22(31)16-18)44-29(43)39-13-9-20(10-14-39)40-24-6-4-3-5-23(24)36-28(40)42/h3-6,15-16,19-20,25H,7-14,17,35H2,1-2H3,(H,36,42)/t25-/m1/s1. The van der Waals surface area contributed by atoms with E-state index in [1.807, 2.05) is 38.4 Å². The molecular weight excluding hydrogens is 601 g/mol. The van der Waals surface area contributed by atoms with Crippen molar-refractivity contribution in [3.05, 3.63) is 63.0 Å². The predicted octanol–water partition coefficient (Wildman–Crippen LogP) is 4.52. The summed E-state index contributed by atoms with van der Waals surface area (Å²) < 4.78 is 48.4. The summed E-state index contributed by atoms with van der Waals surface area (Å²) in [4.78, 5) is 47.7. The van der Waals surface area contributed by atoms with E-state index in [-0.39, 0.29) is 47.9 Å². The Bertz CT molecular complexity index is 1570. The van der Waals surface area contributed by atoms with Crippen molar-refractivity contribution in [2.75, 3.05) is 46.0 Å². The Labute approximate surface area is 257 Å². The van der Waals surface area contributed by atoms with E-state index in [4.69, 9.17) is 22.1 Å². The van der Waals surface area contributed by atoms with Gasteiger partial charge < -0.3 is 30.2 Å². The molecule has 1 aromatic heterocycles. The largest absolute Gasteiger partial charge is 0.436 e. The highest BCUT2D eigenvalue weighted by molar-refractivity contribution is 6.33. The molecule has 2 aliphatic heterocycles. The summed E-state index contributed by atoms with van der Waals surface area (Å²) in [5.41, 5.74) is 5.24. The monoisotopic (exact) mass is 636 g/mol. The molecule has 0 saturated carbocycles. The number of ether oxygens (including phenoxy) is 1. The second kappa shape index (κ2) is 12.7. The summed E-state index contributed by atoms with van der Waals surface area (Å²) in [6, 6.07) is 9.63. The number of aromatic amines is 1. The third-order valence-corrected chi connectivity index (χ3v) is 8.97. The molecule has 5 rings (SSSR count). The summed E-state index contributed by atoms with van der Waals surface area (Å²) in [5.74, 6) is -0.475. The first-order valence-corrected chi connectivity index (χ1v) is 15.0. The molecule has 10 nitrogen and oxygen atoms in total. The first-order chi connectivity index (χ1) is 20.8. The number of para-hydroxylation sites is 2. The molecule has 2 aliphatic rings. The van der Waals surface area contributed by atoms with Gasteiger partial charge in [-0.1, -0.05) is 23.7 Å². The number of carbonyl (C=O) groups excluding carboxylic acids is 2. The topological polar surface area (TPSA) is 117 Å². The molecule has 14 heteroatoms. The van der Waals surface area contributed by atoms with Gasteiger partial charge in [-0.15, -0.1) is 0 Å². The second-order valence-electron chi connectivity index (χ2n) is 11.7. The summed E-state index contributed by atoms with van der Waals surface area (Å²) in [6.45, 7) is 1.40. The van der Waals surface area contributed by atoms with Crippen molar-refractivity contribution in [1.29, 1.82) is 0 Å². The molecule has 44 heavy (non-hydrogen) atoms. The molecule has 238 valence electrons. The van der Waals surface area contributed by atoms with E-state index in [2.05, 4.69) is 9.88 Å². The molecule has 1 atom stereocenters. The maximum atomic E-state index is 13.7. The number of nitrogens with two attached hydrogens (primary N) is 1. The molecule has 2 saturated heterocycles. The van der Waals surface area contributed by atoms with Crippen LogP contribution in [0.1, 0.15) is 42.9 Å². The fourth-order valence-electron chi connectivity index (χ4n) is 6.17. The number of hydrogen-bond donors (Lipinski definition) is 2. The average Bonchev–Trinajstić information content (AvgIpc) is 3.33. The zero-order valence-corrected chi connectivity index (χ0v) is 25.3. The zero-order valence-electron chi connectivity index (χ0n) is 24.6. The molecule has 3 heterocycles. The Morgan fingerprint density at radius 3 is 2.34 bits per heavy atom. The van der Waals surface area contributed by atoms with Gasteiger partial charge in [-0.05, 0) is 69.6 Å². The Hall–Kier alpha value is -3.71. The van der Waals surface area contributed by atoms with Crippen LogP contribution in [-0.2, 0) is 22.1 Å². The van der Waals surface area contributed by atoms with Gasteiger partial charge in [0.25, 0.3) is 5.91 Å². The molecule has 2 fully saturated rings. The lowest BCUT2D eigenvalue weighted by molar-refractivity contribution is -0.142. The second-order valence-corrected chi connectivity index (χ2v) is 12.1. The average molecular weight is 637 g/mol. The van der Waals surface area contributed by atoms with Crippen LogP contribution in [0.5, 0.6) is 0 Å². The van der Waals surface area contributed by atoms with Crippen molar-refractivity contribution in [2.45, 2.75) is 56.5 Å². The van der Waals surface area contributed by atoms with Crippen LogP contribution >= 0.6 is 11.6 Å². The number of amides is 2. The number of rotatable bonds is 6. The number of halogens is 4. The molecule has 0 aliphatic carbocycles. The number of anilines is 1. The van der Waals surface area contributed by atoms with Crippen molar-refractivity contribution < 1.29 is 27.5 Å². The number of hydrogen-bond acceptors (Lipinski definition) is 6. The minimum atomic E-state index is -4.76. The molecule has 3 N–H and O–H groups in total. The molecule has 2 aromatic carbocycles. The van der Waals surface area contributed by atoms with Crippen LogP contribution in [0.2, 0.25) is 5.02 Å². The lowest BCUT2D eigenvalue weighted by atomic mass is 10.00. The minimum absolute atomic E-state index is 0.0725. The Kier molecular flexibility index (Phi) is 9.17. The van der Waals surface area contributed by atoms with Gasteiger partial charge in [-0.3, -0.25) is 9.36 Å². The third-order valence-electron chi connectivity index (χ3n) is 8.65. The summed E-state index contributed by atoms with van der Waals surface area (Å²) in [5, 5.41) is -0.297. The van der Waals surface area contributed by atoms with Gasteiger partial charge in [0.05, 0.1) is 27.3 Å². The highest BCUT2D eigenvalue weighted by Gasteiger charge is 2.37. The number of aromatic nitrogens is 2. The lowest BCUT2D eigenvalue weighted by Crippen LogP contribution is -2.50. The van der Waals surface area contributed by atoms with Gasteiger partial charge in [-0.25, -0.2) is 9.59 Å². The number of carbonyl (C=O) groups is 2. The number of fused-ring (bicyclic) bond motifs is 1. The maximum absolute atomic E-state index is 13.7. The van der Waals surface area contributed by atoms with E-state index in [0.29, 0.717) is 38.8 Å². The number of likely N-dealkylation sites (tertiary alicyclic amines) is 2. The van der Waals surface area contributed by atoms with Crippen molar-refractivity contribution >= 4 is 40.3 Å². The van der Waals surface area contributed by atoms with Gasteiger partial charge in [-0.2, -0.15) is 13.2 Å². The van der Waals surface area contributed by atoms with Crippen LogP contribution in [0.4, 0.5) is 23.7 Å². The molecule has 0 radical (unpaired) electrons. The van der Waals surface area contributed by atoms with Crippen LogP contribution in [0, 0.1) is 0 Å². The highest BCUT2D eigenvalue weighted by atomic mass is 35.5. The van der Waals surface area contributed by atoms with E-state index >= 15 is 0 Å². The number of nitrogens with one attached hydrogen (secondary N) is 1. The van der Waals surface area contributed by atoms with Gasteiger partial charge in [0.2, 0.25) is 0 Å². The molecule has 3 aromatic rings. The predicted molar refractivity (Wildman–Crippen MR) is 161 cm³/mol. The van der Waals surface area contributed by atoms with Crippen LogP contribution in [0.3, 0.4) is 0 Å². The number of H-pyrrole nitrogens is 1. The summed E-state index contributed by atoms with van der Waals surface area (Å²) in [7, 11) is 3.93. The van der Waals surface area contributed by atoms with Crippen molar-refractivity contribution in [3.63, 3.8) is 0 Å². The van der Waals surface area contributed by atoms with Crippen LogP contribution in [-0.4, -0.2) is 88.7 Å². The molecular formula is C30H36ClF3N6O4. The Morgan fingerprint density at radius 2 is 1.70 bits per heavy atom. The molecule has 0 spiro atoms. The number of benzene rings is 2. The molecule has 2 amide bonds. The quantitative estimate of drug-likeness (QED) is 0.385. The minimum Gasteiger partial charge on any atom is -0.436 e. The number of piperidine rings is 2. The van der Waals surface area contributed by atoms with Gasteiger partial charge in [0.15, 0.2) is 6.10 Å². The Morgan fingerprint density at radius 1 is 1.07 bits per heavy atom. The van der Waals surface area contributed by atoms with E-state index in [9.17, 15) is 27.6 Å². The van der Waals surface area contributed by atoms with Crippen LogP contribution < -0.4 is 11.4 Å². The first-order valence-electron chi connectivity index (χ1n) is 14.6. The van der Waals surface area contributed by atoms with Gasteiger partial charge >= 0.3 is 18.0 Å². The fraction of sp³-hybridized carbons (Fsp3) is 0.500. The SMILES string of the molecule is CN(C)C1CCN(C(=O)[C@@H](Cc2cc(Cl)c(N)c(C(F)(F)F)c2)OC(=O)N2CCC(n3c(=O)[nH]c4ccccc43)CC2)CC1. The molecule has 0 unspecified atom stereocenters. The summed E-state index contributed by atoms with van der Waals surface area (Å²) >= 11 is 6.05. The Balaban J connectivity index is 1.32. The number of alkyl halides is 3. The van der Waals surface area contributed by atoms with Gasteiger partial charge in [0, 0.05) is 44.7 Å². The van der Waals surface area contributed by atoms with Crippen molar-refractivity contribution in [2.24, 2.45) is 0 Å². The van der Waals surface area contributed by atoms with Gasteiger partial charge in [0.1, 0.15) is 0 Å². The smallest absolute Gasteiger partial charge is 0.418 e. The zero-order chi connectivity index (χ0) is 31.8. The van der Waals surface area contributed by atoms with E-state index in [1.165, 1.54) is 11.0 Å². The lowest BCUT2D eigenvalue weighted by Gasteiger charge is -2.37. The fourth-order valence-corrected chi connectivity index (χ4v) is 6.41. The van der Waals surface area contributed by atoms with Crippen LogP contribution in [0.15, 0.2) is 41.2 Å². The maximum Gasteiger partial charge on any atom is 0.418 e. The third kappa shape index (κ3) is 6.68. The van der Waals surface area contributed by atoms with Crippen molar-refractivity contribution in [3.8, 4) is 0 Å². The van der Waals surface area contributed by atoms with E-state index < -0.39 is 35.5 Å². The van der Waals surface area contributed by atoms with E-state index in [0.717, 1.165) is 17.1 Å². The van der Waals surface area contributed by atoms with Crippen molar-refractivity contribution in [1.82, 2.24) is 24.3 Å². The van der Waals surface area contributed by atoms with Crippen LogP contribution in [0.25, 0.3) is 11.0 Å². The normalized spacial score (nSPS) is 17.8. The number of nitrogen functional groups attached to an aromatic ring is 1. The molecule has 0 bridgehead atoms. The number of imidazole rings is 1. The first kappa shape index (κ1) is 31.7. The number of nitrogens with zero attached hydrogens (tertiary/aromatic N) is 4. The summed E-state index contributed by atoms with van der Waals surface area (Å²) in [6.07, 6.45) is -4.78.